The smallest absolute Gasteiger partial charge is 0.238 e. The topological polar surface area (TPSA) is 70.7 Å². The molecule has 0 heterocycles. The lowest BCUT2D eigenvalue weighted by atomic mass is 10.1. The van der Waals surface area contributed by atoms with Gasteiger partial charge in [0.05, 0.1) is 20.2 Å². The maximum Gasteiger partial charge on any atom is 0.238 e. The van der Waals surface area contributed by atoms with Crippen LogP contribution in [-0.2, 0) is 16.1 Å². The van der Waals surface area contributed by atoms with Crippen LogP contribution in [-0.4, -0.2) is 44.0 Å². The van der Waals surface area contributed by atoms with Crippen molar-refractivity contribution in [2.24, 2.45) is 0 Å². The highest BCUT2D eigenvalue weighted by atomic mass is 16.5. The average molecular weight is 355 g/mol. The van der Waals surface area contributed by atoms with E-state index in [1.165, 1.54) is 0 Å². The number of nitrogens with one attached hydrogen (secondary N) is 2. The first-order valence-electron chi connectivity index (χ1n) is 8.41. The molecule has 0 atom stereocenters. The molecule has 0 spiro atoms. The molecule has 2 aromatic rings. The monoisotopic (exact) mass is 355 g/mol. The minimum absolute atomic E-state index is 0.120. The van der Waals surface area contributed by atoms with Gasteiger partial charge in [-0.2, -0.15) is 0 Å². The molecule has 2 amide bonds. The van der Waals surface area contributed by atoms with Crippen LogP contribution in [0.2, 0.25) is 0 Å². The van der Waals surface area contributed by atoms with Crippen molar-refractivity contribution in [2.45, 2.75) is 13.5 Å². The third-order valence-corrected chi connectivity index (χ3v) is 3.92. The number of hydrogen-bond donors (Lipinski definition) is 2. The lowest BCUT2D eigenvalue weighted by Crippen LogP contribution is -2.38. The third kappa shape index (κ3) is 6.22. The average Bonchev–Trinajstić information content (AvgIpc) is 2.60. The maximum absolute atomic E-state index is 12.1. The van der Waals surface area contributed by atoms with E-state index in [9.17, 15) is 9.59 Å². The van der Waals surface area contributed by atoms with Crippen LogP contribution in [0.3, 0.4) is 0 Å². The second-order valence-corrected chi connectivity index (χ2v) is 6.16. The number of carbonyl (C=O) groups is 2. The molecule has 2 rings (SSSR count). The van der Waals surface area contributed by atoms with Gasteiger partial charge in [0.2, 0.25) is 11.8 Å². The SMILES string of the molecule is COc1cccc(NC(=O)CN(C)CC(=O)NCc2ccccc2C)c1. The summed E-state index contributed by atoms with van der Waals surface area (Å²) < 4.78 is 5.13. The van der Waals surface area contributed by atoms with Crippen molar-refractivity contribution >= 4 is 17.5 Å². The van der Waals surface area contributed by atoms with Crippen molar-refractivity contribution in [3.05, 3.63) is 59.7 Å². The number of amides is 2. The van der Waals surface area contributed by atoms with E-state index in [2.05, 4.69) is 10.6 Å². The Morgan fingerprint density at radius 3 is 2.50 bits per heavy atom. The van der Waals surface area contributed by atoms with Crippen LogP contribution in [0.1, 0.15) is 11.1 Å². The van der Waals surface area contributed by atoms with Gasteiger partial charge in [-0.15, -0.1) is 0 Å². The number of carbonyl (C=O) groups excluding carboxylic acids is 2. The zero-order chi connectivity index (χ0) is 18.9. The summed E-state index contributed by atoms with van der Waals surface area (Å²) >= 11 is 0. The molecule has 2 aromatic carbocycles. The molecule has 0 aromatic heterocycles. The normalized spacial score (nSPS) is 10.5. The number of anilines is 1. The van der Waals surface area contributed by atoms with Crippen LogP contribution in [0.25, 0.3) is 0 Å². The van der Waals surface area contributed by atoms with E-state index in [0.717, 1.165) is 11.1 Å². The fourth-order valence-electron chi connectivity index (χ4n) is 2.51. The van der Waals surface area contributed by atoms with Gasteiger partial charge in [0.25, 0.3) is 0 Å². The molecular weight excluding hydrogens is 330 g/mol. The minimum Gasteiger partial charge on any atom is -0.497 e. The van der Waals surface area contributed by atoms with Crippen LogP contribution in [0.5, 0.6) is 5.75 Å². The summed E-state index contributed by atoms with van der Waals surface area (Å²) in [6, 6.07) is 15.1. The Balaban J connectivity index is 1.76. The third-order valence-electron chi connectivity index (χ3n) is 3.92. The molecular formula is C20H25N3O3. The Morgan fingerprint density at radius 2 is 1.77 bits per heavy atom. The number of hydrogen-bond acceptors (Lipinski definition) is 4. The van der Waals surface area contributed by atoms with E-state index >= 15 is 0 Å². The van der Waals surface area contributed by atoms with E-state index in [1.807, 2.05) is 31.2 Å². The van der Waals surface area contributed by atoms with Gasteiger partial charge in [0, 0.05) is 18.3 Å². The number of likely N-dealkylation sites (N-methyl/N-ethyl adjacent to an activating group) is 1. The first kappa shape index (κ1) is 19.5. The van der Waals surface area contributed by atoms with Crippen molar-refractivity contribution < 1.29 is 14.3 Å². The Labute approximate surface area is 154 Å². The first-order chi connectivity index (χ1) is 12.5. The number of methoxy groups -OCH3 is 1. The van der Waals surface area contributed by atoms with Gasteiger partial charge in [0.15, 0.2) is 0 Å². The van der Waals surface area contributed by atoms with Crippen LogP contribution in [0.15, 0.2) is 48.5 Å². The number of ether oxygens (including phenoxy) is 1. The molecule has 0 saturated carbocycles. The van der Waals surface area contributed by atoms with E-state index in [-0.39, 0.29) is 24.9 Å². The maximum atomic E-state index is 12.1. The Kier molecular flexibility index (Phi) is 7.17. The second kappa shape index (κ2) is 9.58. The van der Waals surface area contributed by atoms with Gasteiger partial charge in [0.1, 0.15) is 5.75 Å². The fourth-order valence-corrected chi connectivity index (χ4v) is 2.51. The highest BCUT2D eigenvalue weighted by Gasteiger charge is 2.11. The molecule has 0 unspecified atom stereocenters. The Morgan fingerprint density at radius 1 is 1.04 bits per heavy atom. The van der Waals surface area contributed by atoms with Crippen molar-refractivity contribution in [2.75, 3.05) is 32.6 Å². The number of nitrogens with zero attached hydrogens (tertiary/aromatic N) is 1. The summed E-state index contributed by atoms with van der Waals surface area (Å²) in [5.41, 5.74) is 2.88. The molecule has 0 aliphatic carbocycles. The summed E-state index contributed by atoms with van der Waals surface area (Å²) in [5, 5.41) is 5.67. The van der Waals surface area contributed by atoms with Gasteiger partial charge < -0.3 is 15.4 Å². The standard InChI is InChI=1S/C20H25N3O3/c1-15-7-4-5-8-16(15)12-21-19(24)13-23(2)14-20(25)22-17-9-6-10-18(11-17)26-3/h4-11H,12-14H2,1-3H3,(H,21,24)(H,22,25). The summed E-state index contributed by atoms with van der Waals surface area (Å²) in [7, 11) is 3.31. The molecule has 0 saturated heterocycles. The van der Waals surface area contributed by atoms with E-state index < -0.39 is 0 Å². The Bertz CT molecular complexity index is 761. The summed E-state index contributed by atoms with van der Waals surface area (Å²) in [4.78, 5) is 25.8. The van der Waals surface area contributed by atoms with Crippen molar-refractivity contribution in [1.29, 1.82) is 0 Å². The molecule has 138 valence electrons. The summed E-state index contributed by atoms with van der Waals surface area (Å²) in [6.45, 7) is 2.76. The van der Waals surface area contributed by atoms with Crippen molar-refractivity contribution in [1.82, 2.24) is 10.2 Å². The first-order valence-corrected chi connectivity index (χ1v) is 8.41. The van der Waals surface area contributed by atoms with Crippen LogP contribution in [0, 0.1) is 6.92 Å². The van der Waals surface area contributed by atoms with Gasteiger partial charge in [-0.05, 0) is 37.2 Å². The molecule has 26 heavy (non-hydrogen) atoms. The van der Waals surface area contributed by atoms with Gasteiger partial charge in [-0.1, -0.05) is 30.3 Å². The lowest BCUT2D eigenvalue weighted by Gasteiger charge is -2.16. The number of rotatable bonds is 8. The Hall–Kier alpha value is -2.86. The highest BCUT2D eigenvalue weighted by molar-refractivity contribution is 5.92. The number of aryl methyl sites for hydroxylation is 1. The molecule has 0 aliphatic rings. The largest absolute Gasteiger partial charge is 0.497 e. The minimum atomic E-state index is -0.188. The van der Waals surface area contributed by atoms with Gasteiger partial charge in [-0.3, -0.25) is 14.5 Å². The van der Waals surface area contributed by atoms with Gasteiger partial charge in [-0.25, -0.2) is 0 Å². The summed E-state index contributed by atoms with van der Waals surface area (Å²) in [6.07, 6.45) is 0. The van der Waals surface area contributed by atoms with Crippen LogP contribution >= 0.6 is 0 Å². The van der Waals surface area contributed by atoms with E-state index in [0.29, 0.717) is 18.0 Å². The van der Waals surface area contributed by atoms with Crippen molar-refractivity contribution in [3.8, 4) is 5.75 Å². The summed E-state index contributed by atoms with van der Waals surface area (Å²) in [5.74, 6) is 0.365. The predicted molar refractivity (Wildman–Crippen MR) is 102 cm³/mol. The lowest BCUT2D eigenvalue weighted by molar-refractivity contribution is -0.123. The zero-order valence-electron chi connectivity index (χ0n) is 15.4. The van der Waals surface area contributed by atoms with Crippen molar-refractivity contribution in [3.63, 3.8) is 0 Å². The molecule has 0 fully saturated rings. The van der Waals surface area contributed by atoms with Crippen LogP contribution < -0.4 is 15.4 Å². The molecule has 2 N–H and O–H groups in total. The highest BCUT2D eigenvalue weighted by Crippen LogP contribution is 2.16. The number of benzene rings is 2. The van der Waals surface area contributed by atoms with E-state index in [4.69, 9.17) is 4.74 Å². The zero-order valence-corrected chi connectivity index (χ0v) is 15.4. The van der Waals surface area contributed by atoms with Gasteiger partial charge >= 0.3 is 0 Å². The predicted octanol–water partition coefficient (Wildman–Crippen LogP) is 2.19. The second-order valence-electron chi connectivity index (χ2n) is 6.16. The fraction of sp³-hybridized carbons (Fsp3) is 0.300. The molecule has 0 bridgehead atoms. The molecule has 0 aliphatic heterocycles. The molecule has 6 nitrogen and oxygen atoms in total. The molecule has 0 radical (unpaired) electrons. The molecule has 6 heteroatoms. The quantitative estimate of drug-likeness (QED) is 0.762. The van der Waals surface area contributed by atoms with E-state index in [1.54, 1.807) is 43.3 Å². The van der Waals surface area contributed by atoms with Crippen LogP contribution in [0.4, 0.5) is 5.69 Å².